The second-order valence-electron chi connectivity index (χ2n) is 3.90. The van der Waals surface area contributed by atoms with Crippen molar-refractivity contribution in [2.45, 2.75) is 20.1 Å². The summed E-state index contributed by atoms with van der Waals surface area (Å²) in [7, 11) is 0. The first kappa shape index (κ1) is 11.6. The molecule has 2 aromatic rings. The van der Waals surface area contributed by atoms with Gasteiger partial charge in [0.15, 0.2) is 0 Å². The van der Waals surface area contributed by atoms with Crippen molar-refractivity contribution in [3.05, 3.63) is 59.3 Å². The van der Waals surface area contributed by atoms with E-state index < -0.39 is 0 Å². The molecule has 17 heavy (non-hydrogen) atoms. The highest BCUT2D eigenvalue weighted by Gasteiger charge is 2.02. The highest BCUT2D eigenvalue weighted by Crippen LogP contribution is 2.16. The number of hydrogen-bond donors (Lipinski definition) is 1. The van der Waals surface area contributed by atoms with E-state index in [0.717, 1.165) is 16.7 Å². The molecule has 0 saturated heterocycles. The van der Waals surface area contributed by atoms with Crippen molar-refractivity contribution in [2.24, 2.45) is 0 Å². The van der Waals surface area contributed by atoms with Crippen molar-refractivity contribution in [1.29, 1.82) is 0 Å². The zero-order chi connectivity index (χ0) is 12.1. The van der Waals surface area contributed by atoms with Gasteiger partial charge in [-0.25, -0.2) is 4.98 Å². The number of aliphatic hydroxyl groups excluding tert-OH is 1. The van der Waals surface area contributed by atoms with Gasteiger partial charge in [-0.15, -0.1) is 0 Å². The van der Waals surface area contributed by atoms with Crippen LogP contribution in [0.5, 0.6) is 5.88 Å². The largest absolute Gasteiger partial charge is 0.473 e. The average Bonchev–Trinajstić information content (AvgIpc) is 2.38. The highest BCUT2D eigenvalue weighted by molar-refractivity contribution is 5.28. The number of rotatable bonds is 4. The number of hydrogen-bond acceptors (Lipinski definition) is 3. The second kappa shape index (κ2) is 5.46. The van der Waals surface area contributed by atoms with Gasteiger partial charge in [0.2, 0.25) is 5.88 Å². The average molecular weight is 229 g/mol. The molecular formula is C14H15NO2. The summed E-state index contributed by atoms with van der Waals surface area (Å²) in [6, 6.07) is 11.8. The van der Waals surface area contributed by atoms with Gasteiger partial charge in [0.25, 0.3) is 0 Å². The summed E-state index contributed by atoms with van der Waals surface area (Å²) < 4.78 is 5.63. The normalized spacial score (nSPS) is 10.2. The molecule has 0 radical (unpaired) electrons. The zero-order valence-corrected chi connectivity index (χ0v) is 9.76. The van der Waals surface area contributed by atoms with Crippen LogP contribution in [-0.2, 0) is 13.2 Å². The summed E-state index contributed by atoms with van der Waals surface area (Å²) in [5.41, 5.74) is 2.85. The molecule has 3 nitrogen and oxygen atoms in total. The molecule has 1 heterocycles. The Labute approximate surface area is 101 Å². The number of nitrogens with zero attached hydrogens (tertiary/aromatic N) is 1. The molecule has 0 fully saturated rings. The van der Waals surface area contributed by atoms with Gasteiger partial charge in [-0.3, -0.25) is 0 Å². The lowest BCUT2D eigenvalue weighted by Crippen LogP contribution is -2.00. The van der Waals surface area contributed by atoms with Gasteiger partial charge in [0, 0.05) is 11.8 Å². The molecule has 1 aromatic carbocycles. The maximum Gasteiger partial charge on any atom is 0.216 e. The third-order valence-corrected chi connectivity index (χ3v) is 2.49. The van der Waals surface area contributed by atoms with E-state index in [2.05, 4.69) is 4.98 Å². The maximum absolute atomic E-state index is 8.98. The summed E-state index contributed by atoms with van der Waals surface area (Å²) in [4.78, 5) is 4.18. The van der Waals surface area contributed by atoms with E-state index in [1.54, 1.807) is 6.20 Å². The molecule has 0 atom stereocenters. The maximum atomic E-state index is 8.98. The minimum atomic E-state index is 0.00675. The first-order chi connectivity index (χ1) is 8.29. The van der Waals surface area contributed by atoms with Crippen molar-refractivity contribution in [3.8, 4) is 5.88 Å². The minimum absolute atomic E-state index is 0.00675. The molecule has 88 valence electrons. The predicted molar refractivity (Wildman–Crippen MR) is 65.7 cm³/mol. The van der Waals surface area contributed by atoms with E-state index in [9.17, 15) is 0 Å². The molecule has 1 N–H and O–H groups in total. The summed E-state index contributed by atoms with van der Waals surface area (Å²) in [5.74, 6) is 0.617. The van der Waals surface area contributed by atoms with Gasteiger partial charge >= 0.3 is 0 Å². The molecule has 0 unspecified atom stereocenters. The third-order valence-electron chi connectivity index (χ3n) is 2.49. The molecule has 0 amide bonds. The van der Waals surface area contributed by atoms with Gasteiger partial charge in [-0.2, -0.15) is 0 Å². The standard InChI is InChI=1S/C14H15NO2/c1-11-7-13(9-16)8-15-14(11)17-10-12-5-3-2-4-6-12/h2-8,16H,9-10H2,1H3. The van der Waals surface area contributed by atoms with Crippen LogP contribution in [0.15, 0.2) is 42.6 Å². The molecule has 0 aliphatic rings. The van der Waals surface area contributed by atoms with Crippen molar-refractivity contribution < 1.29 is 9.84 Å². The van der Waals surface area contributed by atoms with Crippen molar-refractivity contribution in [1.82, 2.24) is 4.98 Å². The van der Waals surface area contributed by atoms with Gasteiger partial charge in [-0.1, -0.05) is 30.3 Å². The lowest BCUT2D eigenvalue weighted by Gasteiger charge is -2.08. The Hall–Kier alpha value is -1.87. The highest BCUT2D eigenvalue weighted by atomic mass is 16.5. The predicted octanol–water partition coefficient (Wildman–Crippen LogP) is 2.46. The Morgan fingerprint density at radius 2 is 1.94 bits per heavy atom. The van der Waals surface area contributed by atoms with E-state index in [1.807, 2.05) is 43.3 Å². The Morgan fingerprint density at radius 1 is 1.18 bits per heavy atom. The quantitative estimate of drug-likeness (QED) is 0.875. The van der Waals surface area contributed by atoms with Crippen LogP contribution in [0, 0.1) is 6.92 Å². The van der Waals surface area contributed by atoms with Crippen molar-refractivity contribution in [2.75, 3.05) is 0 Å². The van der Waals surface area contributed by atoms with Crippen LogP contribution in [-0.4, -0.2) is 10.1 Å². The van der Waals surface area contributed by atoms with Crippen LogP contribution in [0.1, 0.15) is 16.7 Å². The smallest absolute Gasteiger partial charge is 0.216 e. The molecule has 0 saturated carbocycles. The van der Waals surface area contributed by atoms with Crippen LogP contribution in [0.3, 0.4) is 0 Å². The molecule has 3 heteroatoms. The summed E-state index contributed by atoms with van der Waals surface area (Å²) in [5, 5.41) is 8.98. The van der Waals surface area contributed by atoms with E-state index in [1.165, 1.54) is 0 Å². The van der Waals surface area contributed by atoms with Crippen LogP contribution in [0.2, 0.25) is 0 Å². The number of aliphatic hydroxyl groups is 1. The molecule has 0 bridgehead atoms. The lowest BCUT2D eigenvalue weighted by molar-refractivity contribution is 0.277. The fourth-order valence-corrected chi connectivity index (χ4v) is 1.58. The molecule has 0 aliphatic carbocycles. The lowest BCUT2D eigenvalue weighted by atomic mass is 10.2. The Balaban J connectivity index is 2.04. The molecule has 2 rings (SSSR count). The molecular weight excluding hydrogens is 214 g/mol. The number of ether oxygens (including phenoxy) is 1. The fourth-order valence-electron chi connectivity index (χ4n) is 1.58. The third kappa shape index (κ3) is 3.04. The second-order valence-corrected chi connectivity index (χ2v) is 3.90. The van der Waals surface area contributed by atoms with Gasteiger partial charge < -0.3 is 9.84 Å². The van der Waals surface area contributed by atoms with E-state index in [0.29, 0.717) is 12.5 Å². The minimum Gasteiger partial charge on any atom is -0.473 e. The van der Waals surface area contributed by atoms with E-state index in [4.69, 9.17) is 9.84 Å². The van der Waals surface area contributed by atoms with Gasteiger partial charge in [0.05, 0.1) is 6.61 Å². The first-order valence-electron chi connectivity index (χ1n) is 5.52. The van der Waals surface area contributed by atoms with Crippen LogP contribution < -0.4 is 4.74 Å². The van der Waals surface area contributed by atoms with Crippen LogP contribution >= 0.6 is 0 Å². The number of aryl methyl sites for hydroxylation is 1. The number of benzene rings is 1. The number of pyridine rings is 1. The summed E-state index contributed by atoms with van der Waals surface area (Å²) >= 11 is 0. The fraction of sp³-hybridized carbons (Fsp3) is 0.214. The summed E-state index contributed by atoms with van der Waals surface area (Å²) in [6.45, 7) is 2.44. The van der Waals surface area contributed by atoms with Gasteiger partial charge in [0.1, 0.15) is 6.61 Å². The first-order valence-corrected chi connectivity index (χ1v) is 5.52. The van der Waals surface area contributed by atoms with Crippen molar-refractivity contribution in [3.63, 3.8) is 0 Å². The number of aromatic nitrogens is 1. The Bertz CT molecular complexity index is 483. The molecule has 0 aliphatic heterocycles. The monoisotopic (exact) mass is 229 g/mol. The van der Waals surface area contributed by atoms with E-state index >= 15 is 0 Å². The van der Waals surface area contributed by atoms with Crippen molar-refractivity contribution >= 4 is 0 Å². The Kier molecular flexibility index (Phi) is 3.73. The Morgan fingerprint density at radius 3 is 2.59 bits per heavy atom. The van der Waals surface area contributed by atoms with Crippen LogP contribution in [0.25, 0.3) is 0 Å². The van der Waals surface area contributed by atoms with Crippen LogP contribution in [0.4, 0.5) is 0 Å². The van der Waals surface area contributed by atoms with Gasteiger partial charge in [-0.05, 0) is 24.1 Å². The SMILES string of the molecule is Cc1cc(CO)cnc1OCc1ccccc1. The molecule has 1 aromatic heterocycles. The molecule has 0 spiro atoms. The summed E-state index contributed by atoms with van der Waals surface area (Å²) in [6.07, 6.45) is 1.63. The zero-order valence-electron chi connectivity index (χ0n) is 9.76. The topological polar surface area (TPSA) is 42.4 Å². The van der Waals surface area contributed by atoms with E-state index in [-0.39, 0.29) is 6.61 Å².